The van der Waals surface area contributed by atoms with Gasteiger partial charge in [0, 0.05) is 16.8 Å². The zero-order valence-corrected chi connectivity index (χ0v) is 17.6. The molecule has 0 fully saturated rings. The van der Waals surface area contributed by atoms with E-state index in [9.17, 15) is 9.18 Å². The van der Waals surface area contributed by atoms with Crippen LogP contribution >= 0.6 is 23.1 Å². The molecule has 0 unspecified atom stereocenters. The zero-order valence-electron chi connectivity index (χ0n) is 16.0. The van der Waals surface area contributed by atoms with Gasteiger partial charge in [0.1, 0.15) is 22.1 Å². The van der Waals surface area contributed by atoms with Crippen LogP contribution in [0, 0.1) is 12.7 Å². The molecule has 0 aliphatic carbocycles. The first-order chi connectivity index (χ1) is 13.7. The fraction of sp³-hybridized carbons (Fsp3) is 0.200. The molecular weight excluding hydrogens is 415 g/mol. The maximum atomic E-state index is 13.9. The lowest BCUT2D eigenvalue weighted by molar-refractivity contribution is 0.442. The Kier molecular flexibility index (Phi) is 6.24. The Morgan fingerprint density at radius 1 is 1.31 bits per heavy atom. The quantitative estimate of drug-likeness (QED) is 0.368. The number of ether oxygens (including phenoxy) is 1. The van der Waals surface area contributed by atoms with E-state index in [1.54, 1.807) is 24.3 Å². The van der Waals surface area contributed by atoms with Gasteiger partial charge in [-0.3, -0.25) is 14.2 Å². The van der Waals surface area contributed by atoms with Gasteiger partial charge in [-0.2, -0.15) is 0 Å². The van der Waals surface area contributed by atoms with Gasteiger partial charge < -0.3 is 15.8 Å². The van der Waals surface area contributed by atoms with Crippen molar-refractivity contribution in [1.29, 1.82) is 0 Å². The van der Waals surface area contributed by atoms with E-state index in [4.69, 9.17) is 22.1 Å². The number of halogens is 2. The molecule has 0 amide bonds. The van der Waals surface area contributed by atoms with Crippen molar-refractivity contribution in [3.8, 4) is 11.5 Å². The van der Waals surface area contributed by atoms with Gasteiger partial charge in [-0.05, 0) is 74.3 Å². The predicted molar refractivity (Wildman–Crippen MR) is 117 cm³/mol. The van der Waals surface area contributed by atoms with Crippen molar-refractivity contribution in [2.45, 2.75) is 26.8 Å². The van der Waals surface area contributed by atoms with Crippen molar-refractivity contribution in [3.63, 3.8) is 0 Å². The molecule has 0 saturated carbocycles. The summed E-state index contributed by atoms with van der Waals surface area (Å²) in [6, 6.07) is 9.43. The van der Waals surface area contributed by atoms with E-state index >= 15 is 0 Å². The highest BCUT2D eigenvalue weighted by Crippen LogP contribution is 2.31. The smallest absolute Gasteiger partial charge is 0.271 e. The Hall–Kier alpha value is -2.84. The standard InChI is InChI=1S/C20H20ClFN4O2S/c1-10(2)24-18(23)17-19(27)26-29-20(17)25-15-6-5-13(8-11(15)3)28-16-7-4-12(21)9-14(16)22/h4-10,25H,1-3H3,(H2,23,24)(H,26,27). The molecule has 6 nitrogen and oxygen atoms in total. The van der Waals surface area contributed by atoms with Crippen LogP contribution < -0.4 is 21.3 Å². The fourth-order valence-corrected chi connectivity index (χ4v) is 3.53. The number of aliphatic imine (C=N–C) groups is 1. The van der Waals surface area contributed by atoms with Crippen molar-refractivity contribution in [1.82, 2.24) is 4.37 Å². The van der Waals surface area contributed by atoms with E-state index in [1.807, 2.05) is 20.8 Å². The molecule has 0 spiro atoms. The number of amidine groups is 1. The first kappa shape index (κ1) is 20.9. The molecule has 0 saturated heterocycles. The van der Waals surface area contributed by atoms with Crippen LogP contribution in [0.25, 0.3) is 0 Å². The number of H-pyrrole nitrogens is 1. The highest BCUT2D eigenvalue weighted by molar-refractivity contribution is 7.10. The summed E-state index contributed by atoms with van der Waals surface area (Å²) in [5, 5.41) is 4.07. The van der Waals surface area contributed by atoms with Crippen LogP contribution in [0.5, 0.6) is 11.5 Å². The van der Waals surface area contributed by atoms with Gasteiger partial charge in [-0.1, -0.05) is 11.6 Å². The summed E-state index contributed by atoms with van der Waals surface area (Å²) in [4.78, 5) is 16.4. The third kappa shape index (κ3) is 4.96. The lowest BCUT2D eigenvalue weighted by atomic mass is 10.2. The summed E-state index contributed by atoms with van der Waals surface area (Å²) in [5.41, 5.74) is 7.60. The molecule has 1 aromatic heterocycles. The predicted octanol–water partition coefficient (Wildman–Crippen LogP) is 5.19. The molecule has 0 bridgehead atoms. The van der Waals surface area contributed by atoms with Crippen molar-refractivity contribution in [3.05, 3.63) is 68.7 Å². The van der Waals surface area contributed by atoms with Crippen LogP contribution in [0.3, 0.4) is 0 Å². The van der Waals surface area contributed by atoms with Crippen LogP contribution in [0.4, 0.5) is 15.1 Å². The van der Waals surface area contributed by atoms with Gasteiger partial charge in [0.15, 0.2) is 11.6 Å². The average molecular weight is 435 g/mol. The third-order valence-corrected chi connectivity index (χ3v) is 4.95. The van der Waals surface area contributed by atoms with Gasteiger partial charge in [0.05, 0.1) is 0 Å². The zero-order chi connectivity index (χ0) is 21.1. The van der Waals surface area contributed by atoms with Gasteiger partial charge in [0.25, 0.3) is 5.56 Å². The van der Waals surface area contributed by atoms with Gasteiger partial charge in [0.2, 0.25) is 0 Å². The van der Waals surface area contributed by atoms with Gasteiger partial charge in [-0.25, -0.2) is 4.39 Å². The summed E-state index contributed by atoms with van der Waals surface area (Å²) in [5.74, 6) is 0.191. The van der Waals surface area contributed by atoms with E-state index < -0.39 is 5.82 Å². The number of anilines is 2. The molecule has 152 valence electrons. The van der Waals surface area contributed by atoms with Gasteiger partial charge >= 0.3 is 0 Å². The average Bonchev–Trinajstić information content (AvgIpc) is 2.99. The SMILES string of the molecule is Cc1cc(Oc2ccc(Cl)cc2F)ccc1Nc1s[nH]c(=O)c1C(N)=NC(C)C. The van der Waals surface area contributed by atoms with Crippen molar-refractivity contribution in [2.75, 3.05) is 5.32 Å². The minimum absolute atomic E-state index is 0.0337. The molecule has 29 heavy (non-hydrogen) atoms. The van der Waals surface area contributed by atoms with E-state index in [0.29, 0.717) is 21.3 Å². The van der Waals surface area contributed by atoms with Crippen molar-refractivity contribution >= 4 is 39.7 Å². The Morgan fingerprint density at radius 2 is 2.07 bits per heavy atom. The number of hydrogen-bond donors (Lipinski definition) is 3. The first-order valence-corrected chi connectivity index (χ1v) is 9.99. The molecule has 3 rings (SSSR count). The molecule has 0 atom stereocenters. The Morgan fingerprint density at radius 3 is 2.72 bits per heavy atom. The van der Waals surface area contributed by atoms with Crippen LogP contribution in [-0.2, 0) is 0 Å². The molecule has 4 N–H and O–H groups in total. The second kappa shape index (κ2) is 8.67. The Labute approximate surface area is 176 Å². The fourth-order valence-electron chi connectivity index (χ4n) is 2.61. The number of nitrogens with two attached hydrogens (primary N) is 1. The highest BCUT2D eigenvalue weighted by Gasteiger charge is 2.16. The maximum absolute atomic E-state index is 13.9. The van der Waals surface area contributed by atoms with E-state index in [1.165, 1.54) is 12.1 Å². The summed E-state index contributed by atoms with van der Waals surface area (Å²) < 4.78 is 22.2. The summed E-state index contributed by atoms with van der Waals surface area (Å²) in [6.45, 7) is 5.63. The number of nitrogens with one attached hydrogen (secondary N) is 2. The monoisotopic (exact) mass is 434 g/mol. The van der Waals surface area contributed by atoms with E-state index in [-0.39, 0.29) is 23.2 Å². The number of aromatic nitrogens is 1. The minimum Gasteiger partial charge on any atom is -0.454 e. The first-order valence-electron chi connectivity index (χ1n) is 8.80. The summed E-state index contributed by atoms with van der Waals surface area (Å²) >= 11 is 6.90. The topological polar surface area (TPSA) is 92.5 Å². The number of benzene rings is 2. The van der Waals surface area contributed by atoms with Crippen LogP contribution in [0.15, 0.2) is 46.2 Å². The minimum atomic E-state index is -0.543. The summed E-state index contributed by atoms with van der Waals surface area (Å²) in [7, 11) is 0. The molecule has 9 heteroatoms. The molecule has 0 radical (unpaired) electrons. The lowest BCUT2D eigenvalue weighted by Gasteiger charge is -2.12. The number of nitrogens with zero attached hydrogens (tertiary/aromatic N) is 1. The van der Waals surface area contributed by atoms with E-state index in [2.05, 4.69) is 14.7 Å². The third-order valence-electron chi connectivity index (χ3n) is 3.92. The molecule has 1 heterocycles. The number of aromatic amines is 1. The summed E-state index contributed by atoms with van der Waals surface area (Å²) in [6.07, 6.45) is 0. The lowest BCUT2D eigenvalue weighted by Crippen LogP contribution is -2.23. The molecule has 0 aliphatic heterocycles. The molecule has 0 aliphatic rings. The molecule has 3 aromatic rings. The molecular formula is C20H20ClFN4O2S. The van der Waals surface area contributed by atoms with Crippen LogP contribution in [-0.4, -0.2) is 16.3 Å². The van der Waals surface area contributed by atoms with Crippen LogP contribution in [0.1, 0.15) is 25.0 Å². The second-order valence-electron chi connectivity index (χ2n) is 6.62. The van der Waals surface area contributed by atoms with Crippen LogP contribution in [0.2, 0.25) is 5.02 Å². The number of aryl methyl sites for hydroxylation is 1. The Balaban J connectivity index is 1.84. The second-order valence-corrected chi connectivity index (χ2v) is 7.88. The van der Waals surface area contributed by atoms with Crippen molar-refractivity contribution in [2.24, 2.45) is 10.7 Å². The molecule has 2 aromatic carbocycles. The normalized spacial score (nSPS) is 11.7. The number of hydrogen-bond acceptors (Lipinski definition) is 5. The highest BCUT2D eigenvalue weighted by atomic mass is 35.5. The Bertz CT molecular complexity index is 1120. The number of rotatable bonds is 6. The van der Waals surface area contributed by atoms with Gasteiger partial charge in [-0.15, -0.1) is 0 Å². The maximum Gasteiger partial charge on any atom is 0.271 e. The largest absolute Gasteiger partial charge is 0.454 e. The van der Waals surface area contributed by atoms with Crippen molar-refractivity contribution < 1.29 is 9.13 Å². The van der Waals surface area contributed by atoms with E-state index in [0.717, 1.165) is 22.8 Å².